The standard InChI is InChI=1S/C22H20N2O7/c25-17(21(23-19(27)28)9-13-5-1-2-6-14(13)10-21)31-18(26)22(24-20(29)30)11-15-7-3-4-8-16(15)12-22/h1-8,23-24H,9-12H2,(H,27,28)(H,29,30). The number of fused-ring (bicyclic) bond motifs is 2. The van der Waals surface area contributed by atoms with Crippen molar-refractivity contribution in [3.63, 3.8) is 0 Å². The second kappa shape index (κ2) is 7.42. The quantitative estimate of drug-likeness (QED) is 0.432. The summed E-state index contributed by atoms with van der Waals surface area (Å²) in [6.07, 6.45) is -2.74. The van der Waals surface area contributed by atoms with Crippen LogP contribution in [0.25, 0.3) is 0 Å². The van der Waals surface area contributed by atoms with E-state index in [2.05, 4.69) is 10.6 Å². The van der Waals surface area contributed by atoms with E-state index in [1.54, 1.807) is 48.5 Å². The number of carboxylic acid groups (broad SMARTS) is 2. The third-order valence-electron chi connectivity index (χ3n) is 5.86. The van der Waals surface area contributed by atoms with Crippen molar-refractivity contribution in [2.75, 3.05) is 0 Å². The Kier molecular flexibility index (Phi) is 4.88. The van der Waals surface area contributed by atoms with Gasteiger partial charge in [-0.2, -0.15) is 0 Å². The number of benzene rings is 2. The monoisotopic (exact) mass is 424 g/mol. The Hall–Kier alpha value is -3.88. The minimum Gasteiger partial charge on any atom is -0.465 e. The highest BCUT2D eigenvalue weighted by Gasteiger charge is 2.52. The lowest BCUT2D eigenvalue weighted by Gasteiger charge is -2.30. The Morgan fingerprint density at radius 3 is 1.19 bits per heavy atom. The minimum atomic E-state index is -1.67. The van der Waals surface area contributed by atoms with E-state index in [0.717, 1.165) is 22.3 Å². The molecule has 0 heterocycles. The fourth-order valence-electron chi connectivity index (χ4n) is 4.49. The number of carbonyl (C=O) groups is 4. The molecule has 0 unspecified atom stereocenters. The Bertz CT molecular complexity index is 959. The summed E-state index contributed by atoms with van der Waals surface area (Å²) in [5.41, 5.74) is -0.249. The normalized spacial score (nSPS) is 17.2. The zero-order chi connectivity index (χ0) is 22.2. The van der Waals surface area contributed by atoms with Gasteiger partial charge in [-0.15, -0.1) is 0 Å². The van der Waals surface area contributed by atoms with Crippen molar-refractivity contribution < 1.29 is 34.1 Å². The second-order valence-electron chi connectivity index (χ2n) is 7.95. The van der Waals surface area contributed by atoms with Crippen LogP contribution in [0.1, 0.15) is 22.3 Å². The predicted molar refractivity (Wildman–Crippen MR) is 107 cm³/mol. The molecule has 2 amide bonds. The van der Waals surface area contributed by atoms with Crippen LogP contribution in [-0.2, 0) is 40.0 Å². The Morgan fingerprint density at radius 1 is 0.645 bits per heavy atom. The van der Waals surface area contributed by atoms with Gasteiger partial charge in [0.2, 0.25) is 0 Å². The molecule has 0 atom stereocenters. The van der Waals surface area contributed by atoms with Gasteiger partial charge in [0.15, 0.2) is 0 Å². The predicted octanol–water partition coefficient (Wildman–Crippen LogP) is 1.67. The topological polar surface area (TPSA) is 142 Å². The van der Waals surface area contributed by atoms with Crippen LogP contribution in [0.15, 0.2) is 48.5 Å². The number of esters is 2. The second-order valence-corrected chi connectivity index (χ2v) is 7.95. The lowest BCUT2D eigenvalue weighted by molar-refractivity contribution is -0.168. The van der Waals surface area contributed by atoms with Gasteiger partial charge in [0.1, 0.15) is 11.1 Å². The average Bonchev–Trinajstić information content (AvgIpc) is 3.25. The fourth-order valence-corrected chi connectivity index (χ4v) is 4.49. The highest BCUT2D eigenvalue weighted by molar-refractivity contribution is 5.99. The number of nitrogens with one attached hydrogen (secondary N) is 2. The molecule has 0 radical (unpaired) electrons. The van der Waals surface area contributed by atoms with E-state index in [4.69, 9.17) is 4.74 Å². The van der Waals surface area contributed by atoms with Gasteiger partial charge in [0, 0.05) is 25.7 Å². The Morgan fingerprint density at radius 2 is 0.935 bits per heavy atom. The Balaban J connectivity index is 1.60. The first-order valence-corrected chi connectivity index (χ1v) is 9.66. The van der Waals surface area contributed by atoms with Crippen LogP contribution in [0.2, 0.25) is 0 Å². The zero-order valence-corrected chi connectivity index (χ0v) is 16.4. The van der Waals surface area contributed by atoms with Gasteiger partial charge < -0.3 is 25.6 Å². The first-order valence-electron chi connectivity index (χ1n) is 9.66. The van der Waals surface area contributed by atoms with Crippen molar-refractivity contribution in [1.82, 2.24) is 10.6 Å². The first-order chi connectivity index (χ1) is 14.7. The fraction of sp³-hybridized carbons (Fsp3) is 0.273. The molecule has 9 heteroatoms. The third-order valence-corrected chi connectivity index (χ3v) is 5.86. The van der Waals surface area contributed by atoms with Crippen LogP contribution in [0, 0.1) is 0 Å². The SMILES string of the molecule is O=C(O)NC1(C(=O)OC(=O)C2(NC(=O)O)Cc3ccccc3C2)Cc2ccccc2C1. The summed E-state index contributed by atoms with van der Waals surface area (Å²) < 4.78 is 5.16. The molecule has 31 heavy (non-hydrogen) atoms. The van der Waals surface area contributed by atoms with E-state index in [1.165, 1.54) is 0 Å². The molecule has 2 aromatic rings. The molecule has 0 aromatic heterocycles. The van der Waals surface area contributed by atoms with Gasteiger partial charge in [0.25, 0.3) is 0 Å². The maximum absolute atomic E-state index is 13.1. The maximum Gasteiger partial charge on any atom is 0.405 e. The number of amides is 2. The van der Waals surface area contributed by atoms with E-state index >= 15 is 0 Å². The number of hydrogen-bond acceptors (Lipinski definition) is 5. The summed E-state index contributed by atoms with van der Waals surface area (Å²) >= 11 is 0. The van der Waals surface area contributed by atoms with E-state index in [-0.39, 0.29) is 25.7 Å². The van der Waals surface area contributed by atoms with Gasteiger partial charge in [-0.25, -0.2) is 19.2 Å². The molecule has 9 nitrogen and oxygen atoms in total. The molecular formula is C22H20N2O7. The van der Waals surface area contributed by atoms with Gasteiger partial charge in [-0.3, -0.25) is 0 Å². The van der Waals surface area contributed by atoms with Crippen LogP contribution in [0.3, 0.4) is 0 Å². The molecule has 2 aliphatic carbocycles. The van der Waals surface area contributed by atoms with Crippen molar-refractivity contribution in [1.29, 1.82) is 0 Å². The van der Waals surface area contributed by atoms with E-state index in [0.29, 0.717) is 0 Å². The lowest BCUT2D eigenvalue weighted by Crippen LogP contribution is -2.60. The summed E-state index contributed by atoms with van der Waals surface area (Å²) in [5, 5.41) is 23.1. The van der Waals surface area contributed by atoms with Gasteiger partial charge in [0.05, 0.1) is 0 Å². The van der Waals surface area contributed by atoms with Gasteiger partial charge >= 0.3 is 24.1 Å². The average molecular weight is 424 g/mol. The zero-order valence-electron chi connectivity index (χ0n) is 16.4. The van der Waals surface area contributed by atoms with Crippen LogP contribution in [-0.4, -0.2) is 45.4 Å². The summed E-state index contributed by atoms with van der Waals surface area (Å²) in [5.74, 6) is -2.11. The molecule has 0 spiro atoms. The maximum atomic E-state index is 13.1. The van der Waals surface area contributed by atoms with Crippen LogP contribution in [0.4, 0.5) is 9.59 Å². The van der Waals surface area contributed by atoms with Crippen molar-refractivity contribution in [3.05, 3.63) is 70.8 Å². The number of hydrogen-bond donors (Lipinski definition) is 4. The van der Waals surface area contributed by atoms with Crippen LogP contribution >= 0.6 is 0 Å². The smallest absolute Gasteiger partial charge is 0.405 e. The molecule has 2 aliphatic rings. The van der Waals surface area contributed by atoms with Gasteiger partial charge in [-0.1, -0.05) is 48.5 Å². The number of ether oxygens (including phenoxy) is 1. The molecule has 2 aromatic carbocycles. The van der Waals surface area contributed by atoms with Crippen LogP contribution in [0.5, 0.6) is 0 Å². The number of carbonyl (C=O) groups excluding carboxylic acids is 2. The lowest BCUT2D eigenvalue weighted by atomic mass is 9.94. The molecule has 0 fully saturated rings. The first kappa shape index (κ1) is 20.4. The summed E-state index contributed by atoms with van der Waals surface area (Å²) in [7, 11) is 0. The molecule has 4 N–H and O–H groups in total. The summed E-state index contributed by atoms with van der Waals surface area (Å²) in [4.78, 5) is 49.0. The molecule has 0 saturated carbocycles. The van der Waals surface area contributed by atoms with Crippen molar-refractivity contribution in [2.45, 2.75) is 36.8 Å². The van der Waals surface area contributed by atoms with Crippen molar-refractivity contribution >= 4 is 24.1 Å². The third kappa shape index (κ3) is 3.70. The highest BCUT2D eigenvalue weighted by atomic mass is 16.6. The van der Waals surface area contributed by atoms with Crippen molar-refractivity contribution in [3.8, 4) is 0 Å². The minimum absolute atomic E-state index is 0.0289. The summed E-state index contributed by atoms with van der Waals surface area (Å²) in [6.45, 7) is 0. The highest BCUT2D eigenvalue weighted by Crippen LogP contribution is 2.34. The molecule has 4 rings (SSSR count). The summed E-state index contributed by atoms with van der Waals surface area (Å²) in [6, 6.07) is 14.2. The van der Waals surface area contributed by atoms with E-state index in [1.807, 2.05) is 0 Å². The van der Waals surface area contributed by atoms with Crippen molar-refractivity contribution in [2.24, 2.45) is 0 Å². The largest absolute Gasteiger partial charge is 0.465 e. The molecular weight excluding hydrogens is 404 g/mol. The molecule has 0 aliphatic heterocycles. The van der Waals surface area contributed by atoms with Crippen LogP contribution < -0.4 is 10.6 Å². The molecule has 0 saturated heterocycles. The van der Waals surface area contributed by atoms with Gasteiger partial charge in [-0.05, 0) is 22.3 Å². The molecule has 160 valence electrons. The molecule has 0 bridgehead atoms. The Labute approximate surface area is 177 Å². The van der Waals surface area contributed by atoms with E-state index in [9.17, 15) is 29.4 Å². The van der Waals surface area contributed by atoms with E-state index < -0.39 is 35.2 Å². The number of rotatable bonds is 4.